The Morgan fingerprint density at radius 1 is 1.36 bits per heavy atom. The number of rotatable bonds is 4. The van der Waals surface area contributed by atoms with Crippen molar-refractivity contribution in [3.63, 3.8) is 0 Å². The lowest BCUT2D eigenvalue weighted by Crippen LogP contribution is -2.26. The highest BCUT2D eigenvalue weighted by Gasteiger charge is 2.33. The molecule has 0 bridgehead atoms. The van der Waals surface area contributed by atoms with Gasteiger partial charge in [-0.05, 0) is 35.9 Å². The van der Waals surface area contributed by atoms with Crippen LogP contribution in [0, 0.1) is 12.7 Å². The number of aliphatic hydroxyl groups excluding tert-OH is 1. The molecule has 0 radical (unpaired) electrons. The Morgan fingerprint density at radius 3 is 2.79 bits per heavy atom. The number of benzene rings is 1. The quantitative estimate of drug-likeness (QED) is 0.730. The summed E-state index contributed by atoms with van der Waals surface area (Å²) in [6.45, 7) is 1.68. The van der Waals surface area contributed by atoms with Gasteiger partial charge in [0.05, 0.1) is 25.9 Å². The fourth-order valence-electron chi connectivity index (χ4n) is 3.07. The van der Waals surface area contributed by atoms with Crippen LogP contribution in [0.4, 0.5) is 14.9 Å². The summed E-state index contributed by atoms with van der Waals surface area (Å²) in [5, 5.41) is 20.9. The van der Waals surface area contributed by atoms with E-state index in [2.05, 4.69) is 20.4 Å². The van der Waals surface area contributed by atoms with Crippen molar-refractivity contribution in [1.29, 1.82) is 0 Å². The highest BCUT2D eigenvalue weighted by Crippen LogP contribution is 2.32. The number of hydrogen-bond donors (Lipinski definition) is 1. The number of tetrazole rings is 1. The van der Waals surface area contributed by atoms with Crippen LogP contribution < -0.4 is 4.90 Å². The largest absolute Gasteiger partial charge is 0.441 e. The first-order valence-corrected chi connectivity index (χ1v) is 8.56. The first kappa shape index (κ1) is 18.0. The number of aromatic nitrogens is 5. The van der Waals surface area contributed by atoms with Crippen LogP contribution in [0.5, 0.6) is 0 Å². The second-order valence-electron chi connectivity index (χ2n) is 6.45. The molecule has 3 heterocycles. The molecule has 1 aliphatic heterocycles. The highest BCUT2D eigenvalue weighted by atomic mass is 19.1. The Hall–Kier alpha value is -3.40. The predicted octanol–water partition coefficient (Wildman–Crippen LogP) is 1.70. The van der Waals surface area contributed by atoms with Crippen molar-refractivity contribution in [3.05, 3.63) is 41.8 Å². The van der Waals surface area contributed by atoms with Gasteiger partial charge in [-0.25, -0.2) is 9.18 Å². The molecule has 1 fully saturated rings. The third-order valence-corrected chi connectivity index (χ3v) is 4.47. The smallest absolute Gasteiger partial charge is 0.414 e. The number of carbonyl (C=O) groups excluding carboxylic acids is 1. The molecule has 9 nitrogen and oxygen atoms in total. The Bertz CT molecular complexity index is 1040. The van der Waals surface area contributed by atoms with Gasteiger partial charge in [0.1, 0.15) is 17.6 Å². The van der Waals surface area contributed by atoms with Gasteiger partial charge in [0.15, 0.2) is 0 Å². The van der Waals surface area contributed by atoms with Crippen LogP contribution in [-0.2, 0) is 11.8 Å². The van der Waals surface area contributed by atoms with Gasteiger partial charge in [-0.2, -0.15) is 4.80 Å². The van der Waals surface area contributed by atoms with Crippen LogP contribution in [0.3, 0.4) is 0 Å². The SMILES string of the molecule is Cc1cc(-c2ccc(-c3nnn(C)n3)nc2)c(F)cc1N1CC(CO)OC1=O. The summed E-state index contributed by atoms with van der Waals surface area (Å²) in [5.74, 6) is -0.111. The van der Waals surface area contributed by atoms with Crippen LogP contribution in [0.1, 0.15) is 5.56 Å². The molecule has 1 saturated heterocycles. The number of halogens is 1. The van der Waals surface area contributed by atoms with Crippen molar-refractivity contribution in [2.24, 2.45) is 7.05 Å². The average molecular weight is 384 g/mol. The molecule has 1 atom stereocenters. The van der Waals surface area contributed by atoms with Gasteiger partial charge in [0.2, 0.25) is 5.82 Å². The van der Waals surface area contributed by atoms with Gasteiger partial charge in [0.25, 0.3) is 0 Å². The van der Waals surface area contributed by atoms with Crippen molar-refractivity contribution in [3.8, 4) is 22.6 Å². The van der Waals surface area contributed by atoms with E-state index in [1.807, 2.05) is 0 Å². The third-order valence-electron chi connectivity index (χ3n) is 4.47. The minimum atomic E-state index is -0.610. The molecule has 1 N–H and O–H groups in total. The van der Waals surface area contributed by atoms with Crippen LogP contribution in [-0.4, -0.2) is 55.6 Å². The summed E-state index contributed by atoms with van der Waals surface area (Å²) < 4.78 is 19.8. The summed E-state index contributed by atoms with van der Waals surface area (Å²) in [4.78, 5) is 18.9. The molecule has 1 amide bonds. The summed E-state index contributed by atoms with van der Waals surface area (Å²) in [6, 6.07) is 6.37. The number of carbonyl (C=O) groups is 1. The summed E-state index contributed by atoms with van der Waals surface area (Å²) in [5.41, 5.74) is 2.58. The molecular formula is C18H17FN6O3. The highest BCUT2D eigenvalue weighted by molar-refractivity contribution is 5.91. The molecule has 1 unspecified atom stereocenters. The monoisotopic (exact) mass is 384 g/mol. The van der Waals surface area contributed by atoms with Crippen LogP contribution in [0.25, 0.3) is 22.6 Å². The van der Waals surface area contributed by atoms with E-state index >= 15 is 0 Å². The van der Waals surface area contributed by atoms with E-state index in [-0.39, 0.29) is 13.2 Å². The van der Waals surface area contributed by atoms with Crippen LogP contribution >= 0.6 is 0 Å². The van der Waals surface area contributed by atoms with Gasteiger partial charge < -0.3 is 9.84 Å². The molecule has 28 heavy (non-hydrogen) atoms. The molecule has 0 aliphatic carbocycles. The van der Waals surface area contributed by atoms with Crippen LogP contribution in [0.2, 0.25) is 0 Å². The maximum absolute atomic E-state index is 14.8. The van der Waals surface area contributed by atoms with Gasteiger partial charge >= 0.3 is 6.09 Å². The number of anilines is 1. The number of amides is 1. The normalized spacial score (nSPS) is 16.5. The van der Waals surface area contributed by atoms with Crippen molar-refractivity contribution in [2.45, 2.75) is 13.0 Å². The zero-order chi connectivity index (χ0) is 19.8. The van der Waals surface area contributed by atoms with Crippen molar-refractivity contribution in [1.82, 2.24) is 25.2 Å². The predicted molar refractivity (Wildman–Crippen MR) is 96.9 cm³/mol. The van der Waals surface area contributed by atoms with Crippen molar-refractivity contribution < 1.29 is 19.0 Å². The lowest BCUT2D eigenvalue weighted by Gasteiger charge is -2.17. The van der Waals surface area contributed by atoms with Gasteiger partial charge in [0, 0.05) is 17.3 Å². The lowest BCUT2D eigenvalue weighted by atomic mass is 10.0. The van der Waals surface area contributed by atoms with E-state index in [1.54, 1.807) is 32.2 Å². The van der Waals surface area contributed by atoms with Gasteiger partial charge in [-0.15, -0.1) is 10.2 Å². The molecule has 3 aromatic rings. The maximum Gasteiger partial charge on any atom is 0.414 e. The van der Waals surface area contributed by atoms with E-state index in [9.17, 15) is 14.3 Å². The van der Waals surface area contributed by atoms with Crippen molar-refractivity contribution in [2.75, 3.05) is 18.1 Å². The number of ether oxygens (including phenoxy) is 1. The summed E-state index contributed by atoms with van der Waals surface area (Å²) in [6.07, 6.45) is 0.327. The number of cyclic esters (lactones) is 1. The van der Waals surface area contributed by atoms with Gasteiger partial charge in [-0.3, -0.25) is 9.88 Å². The summed E-state index contributed by atoms with van der Waals surface area (Å²) in [7, 11) is 1.66. The zero-order valence-corrected chi connectivity index (χ0v) is 15.2. The lowest BCUT2D eigenvalue weighted by molar-refractivity contribution is 0.0963. The minimum absolute atomic E-state index is 0.177. The molecule has 0 spiro atoms. The molecular weight excluding hydrogens is 367 g/mol. The number of nitrogens with zero attached hydrogens (tertiary/aromatic N) is 6. The maximum atomic E-state index is 14.8. The topological polar surface area (TPSA) is 106 Å². The third kappa shape index (κ3) is 3.18. The second kappa shape index (κ2) is 6.97. The van der Waals surface area contributed by atoms with Crippen molar-refractivity contribution >= 4 is 11.8 Å². The molecule has 4 rings (SSSR count). The van der Waals surface area contributed by atoms with Gasteiger partial charge in [-0.1, -0.05) is 6.07 Å². The number of hydrogen-bond acceptors (Lipinski definition) is 7. The number of aliphatic hydroxyl groups is 1. The second-order valence-corrected chi connectivity index (χ2v) is 6.45. The molecule has 1 aliphatic rings. The first-order chi connectivity index (χ1) is 13.5. The molecule has 1 aromatic carbocycles. The number of aryl methyl sites for hydroxylation is 2. The van der Waals surface area contributed by atoms with E-state index < -0.39 is 18.0 Å². The molecule has 10 heteroatoms. The molecule has 144 valence electrons. The fourth-order valence-corrected chi connectivity index (χ4v) is 3.07. The van der Waals surface area contributed by atoms with E-state index in [4.69, 9.17) is 4.74 Å². The molecule has 2 aromatic heterocycles. The molecule has 0 saturated carbocycles. The zero-order valence-electron chi connectivity index (χ0n) is 15.2. The average Bonchev–Trinajstić information content (AvgIpc) is 3.29. The van der Waals surface area contributed by atoms with E-state index in [1.165, 1.54) is 22.0 Å². The number of pyridine rings is 1. The van der Waals surface area contributed by atoms with E-state index in [0.29, 0.717) is 33.9 Å². The Kier molecular flexibility index (Phi) is 4.47. The van der Waals surface area contributed by atoms with Crippen LogP contribution in [0.15, 0.2) is 30.5 Å². The Labute approximate surface area is 159 Å². The standard InChI is InChI=1S/C18H17FN6O3/c1-10-5-13(11-3-4-15(20-7-11)17-21-23-24(2)22-17)14(19)6-16(10)25-8-12(9-26)28-18(25)27/h3-7,12,26H,8-9H2,1-2H3. The Balaban J connectivity index is 1.64. The Morgan fingerprint density at radius 2 is 2.18 bits per heavy atom. The van der Waals surface area contributed by atoms with E-state index in [0.717, 1.165) is 0 Å². The summed E-state index contributed by atoms with van der Waals surface area (Å²) >= 11 is 0. The fraction of sp³-hybridized carbons (Fsp3) is 0.278. The first-order valence-electron chi connectivity index (χ1n) is 8.56. The minimum Gasteiger partial charge on any atom is -0.441 e.